The second-order valence-corrected chi connectivity index (χ2v) is 7.78. The number of carbonyl (C=O) groups excluding carboxylic acids is 3. The molecule has 0 spiro atoms. The predicted octanol–water partition coefficient (Wildman–Crippen LogP) is 1.31. The fourth-order valence-corrected chi connectivity index (χ4v) is 4.63. The predicted molar refractivity (Wildman–Crippen MR) is 80.9 cm³/mol. The minimum Gasteiger partial charge on any atom is -0.353 e. The van der Waals surface area contributed by atoms with Gasteiger partial charge in [-0.25, -0.2) is 4.79 Å². The van der Waals surface area contributed by atoms with Crippen LogP contribution in [0.3, 0.4) is 0 Å². The van der Waals surface area contributed by atoms with Gasteiger partial charge in [-0.15, -0.1) is 0 Å². The van der Waals surface area contributed by atoms with Gasteiger partial charge in [0.2, 0.25) is 5.91 Å². The standard InChI is InChI=1S/C16H25N3O3/c1-15(2)9-6-7-16(15,3)11(8-9)18-12(20)5-4-10-13(21)19-14(22)17-10/h9-11H,4-8H2,1-3H3,(H,18,20)(H2,17,19,21,22)/t9-,10+,11-,16-/m0/s1. The first-order valence-corrected chi connectivity index (χ1v) is 8.15. The van der Waals surface area contributed by atoms with Crippen LogP contribution in [0.25, 0.3) is 0 Å². The molecule has 122 valence electrons. The highest BCUT2D eigenvalue weighted by Crippen LogP contribution is 2.65. The Morgan fingerprint density at radius 3 is 2.55 bits per heavy atom. The van der Waals surface area contributed by atoms with Crippen LogP contribution in [0.5, 0.6) is 0 Å². The maximum atomic E-state index is 12.2. The summed E-state index contributed by atoms with van der Waals surface area (Å²) in [6.45, 7) is 6.92. The Labute approximate surface area is 130 Å². The van der Waals surface area contributed by atoms with E-state index in [4.69, 9.17) is 0 Å². The minimum absolute atomic E-state index is 0.0245. The van der Waals surface area contributed by atoms with Crippen LogP contribution in [0.1, 0.15) is 52.9 Å². The molecule has 6 nitrogen and oxygen atoms in total. The maximum Gasteiger partial charge on any atom is 0.322 e. The Balaban J connectivity index is 1.53. The van der Waals surface area contributed by atoms with Crippen molar-refractivity contribution in [2.45, 2.75) is 65.0 Å². The molecule has 0 radical (unpaired) electrons. The van der Waals surface area contributed by atoms with Gasteiger partial charge in [-0.05, 0) is 42.4 Å². The molecule has 2 bridgehead atoms. The Bertz CT molecular complexity index is 531. The van der Waals surface area contributed by atoms with Crippen molar-refractivity contribution in [3.8, 4) is 0 Å². The smallest absolute Gasteiger partial charge is 0.322 e. The van der Waals surface area contributed by atoms with E-state index in [-0.39, 0.29) is 35.1 Å². The summed E-state index contributed by atoms with van der Waals surface area (Å²) < 4.78 is 0. The molecule has 2 saturated carbocycles. The maximum absolute atomic E-state index is 12.2. The normalized spacial score (nSPS) is 38.8. The van der Waals surface area contributed by atoms with E-state index in [0.717, 1.165) is 12.8 Å². The van der Waals surface area contributed by atoms with Gasteiger partial charge in [-0.2, -0.15) is 0 Å². The summed E-state index contributed by atoms with van der Waals surface area (Å²) in [5.74, 6) is 0.317. The van der Waals surface area contributed by atoms with Crippen LogP contribution in [-0.4, -0.2) is 29.9 Å². The summed E-state index contributed by atoms with van der Waals surface area (Å²) in [4.78, 5) is 34.7. The third-order valence-electron chi connectivity index (χ3n) is 6.65. The Morgan fingerprint density at radius 2 is 2.05 bits per heavy atom. The monoisotopic (exact) mass is 307 g/mol. The largest absolute Gasteiger partial charge is 0.353 e. The van der Waals surface area contributed by atoms with Crippen molar-refractivity contribution in [2.24, 2.45) is 16.7 Å². The van der Waals surface area contributed by atoms with Gasteiger partial charge in [0.15, 0.2) is 0 Å². The first-order chi connectivity index (χ1) is 10.2. The zero-order valence-electron chi connectivity index (χ0n) is 13.5. The Morgan fingerprint density at radius 1 is 1.32 bits per heavy atom. The van der Waals surface area contributed by atoms with Gasteiger partial charge >= 0.3 is 6.03 Å². The summed E-state index contributed by atoms with van der Waals surface area (Å²) in [5.41, 5.74) is 0.427. The second kappa shape index (κ2) is 4.96. The molecule has 0 aromatic heterocycles. The molecule has 6 heteroatoms. The second-order valence-electron chi connectivity index (χ2n) is 7.78. The van der Waals surface area contributed by atoms with E-state index in [1.807, 2.05) is 0 Å². The molecular weight excluding hydrogens is 282 g/mol. The Kier molecular flexibility index (Phi) is 3.45. The molecular formula is C16H25N3O3. The third kappa shape index (κ3) is 2.20. The molecule has 3 rings (SSSR count). The quantitative estimate of drug-likeness (QED) is 0.684. The van der Waals surface area contributed by atoms with E-state index in [2.05, 4.69) is 36.7 Å². The number of hydrogen-bond acceptors (Lipinski definition) is 3. The van der Waals surface area contributed by atoms with E-state index in [1.54, 1.807) is 0 Å². The highest BCUT2D eigenvalue weighted by Gasteiger charge is 2.61. The number of nitrogens with one attached hydrogen (secondary N) is 3. The highest BCUT2D eigenvalue weighted by molar-refractivity contribution is 6.04. The molecule has 3 aliphatic rings. The van der Waals surface area contributed by atoms with Crippen molar-refractivity contribution in [1.82, 2.24) is 16.0 Å². The molecule has 4 atom stereocenters. The van der Waals surface area contributed by atoms with Gasteiger partial charge in [0.1, 0.15) is 6.04 Å². The van der Waals surface area contributed by atoms with Crippen LogP contribution in [0.15, 0.2) is 0 Å². The lowest BCUT2D eigenvalue weighted by Gasteiger charge is -2.39. The Hall–Kier alpha value is -1.59. The highest BCUT2D eigenvalue weighted by atomic mass is 16.2. The lowest BCUT2D eigenvalue weighted by molar-refractivity contribution is -0.123. The number of fused-ring (bicyclic) bond motifs is 2. The van der Waals surface area contributed by atoms with Crippen LogP contribution in [0.2, 0.25) is 0 Å². The van der Waals surface area contributed by atoms with Gasteiger partial charge < -0.3 is 10.6 Å². The molecule has 22 heavy (non-hydrogen) atoms. The van der Waals surface area contributed by atoms with Crippen molar-refractivity contribution in [3.63, 3.8) is 0 Å². The average molecular weight is 307 g/mol. The lowest BCUT2D eigenvalue weighted by Crippen LogP contribution is -2.47. The molecule has 0 aromatic carbocycles. The number of amides is 4. The summed E-state index contributed by atoms with van der Waals surface area (Å²) in [7, 11) is 0. The molecule has 2 aliphatic carbocycles. The van der Waals surface area contributed by atoms with E-state index in [9.17, 15) is 14.4 Å². The van der Waals surface area contributed by atoms with Gasteiger partial charge in [-0.1, -0.05) is 20.8 Å². The molecule has 0 unspecified atom stereocenters. The van der Waals surface area contributed by atoms with Gasteiger partial charge in [0.25, 0.3) is 5.91 Å². The van der Waals surface area contributed by atoms with Crippen LogP contribution in [0, 0.1) is 16.7 Å². The fourth-order valence-electron chi connectivity index (χ4n) is 4.63. The molecule has 3 fully saturated rings. The van der Waals surface area contributed by atoms with E-state index in [1.165, 1.54) is 6.42 Å². The van der Waals surface area contributed by atoms with Crippen molar-refractivity contribution >= 4 is 17.8 Å². The molecule has 4 amide bonds. The zero-order valence-corrected chi connectivity index (χ0v) is 13.5. The van der Waals surface area contributed by atoms with Crippen molar-refractivity contribution < 1.29 is 14.4 Å². The topological polar surface area (TPSA) is 87.3 Å². The molecule has 1 aliphatic heterocycles. The number of rotatable bonds is 4. The number of hydrogen-bond donors (Lipinski definition) is 3. The van der Waals surface area contributed by atoms with Crippen LogP contribution < -0.4 is 16.0 Å². The van der Waals surface area contributed by atoms with Crippen molar-refractivity contribution in [1.29, 1.82) is 0 Å². The summed E-state index contributed by atoms with van der Waals surface area (Å²) in [6.07, 6.45) is 4.08. The summed E-state index contributed by atoms with van der Waals surface area (Å²) >= 11 is 0. The number of carbonyl (C=O) groups is 3. The SMILES string of the molecule is CC1(C)[C@H]2CC[C@@]1(C)[C@@H](NC(=O)CC[C@H]1NC(=O)NC1=O)C2. The molecule has 3 N–H and O–H groups in total. The first-order valence-electron chi connectivity index (χ1n) is 8.15. The first kappa shape index (κ1) is 15.3. The molecule has 0 aromatic rings. The van der Waals surface area contributed by atoms with Crippen molar-refractivity contribution in [3.05, 3.63) is 0 Å². The van der Waals surface area contributed by atoms with Gasteiger partial charge in [0.05, 0.1) is 0 Å². The van der Waals surface area contributed by atoms with Gasteiger partial charge in [0, 0.05) is 12.5 Å². The minimum atomic E-state index is -0.578. The van der Waals surface area contributed by atoms with E-state index < -0.39 is 12.1 Å². The average Bonchev–Trinajstić information content (AvgIpc) is 2.93. The summed E-state index contributed by atoms with van der Waals surface area (Å²) in [5, 5.41) is 7.88. The van der Waals surface area contributed by atoms with Gasteiger partial charge in [-0.3, -0.25) is 14.9 Å². The van der Waals surface area contributed by atoms with E-state index in [0.29, 0.717) is 12.3 Å². The lowest BCUT2D eigenvalue weighted by atomic mass is 9.69. The van der Waals surface area contributed by atoms with Crippen LogP contribution >= 0.6 is 0 Å². The number of imide groups is 1. The number of urea groups is 1. The molecule has 1 saturated heterocycles. The zero-order chi connectivity index (χ0) is 16.1. The van der Waals surface area contributed by atoms with Crippen LogP contribution in [0.4, 0.5) is 4.79 Å². The third-order valence-corrected chi connectivity index (χ3v) is 6.65. The molecule has 1 heterocycles. The van der Waals surface area contributed by atoms with E-state index >= 15 is 0 Å². The van der Waals surface area contributed by atoms with Crippen molar-refractivity contribution in [2.75, 3.05) is 0 Å². The van der Waals surface area contributed by atoms with Crippen LogP contribution in [-0.2, 0) is 9.59 Å². The summed E-state index contributed by atoms with van der Waals surface area (Å²) in [6, 6.07) is -0.830. The fraction of sp³-hybridized carbons (Fsp3) is 0.812.